The molecule has 0 spiro atoms. The zero-order chi connectivity index (χ0) is 14.5. The number of hydrogen-bond donors (Lipinski definition) is 1. The molecular weight excluding hydrogens is 250 g/mol. The van der Waals surface area contributed by atoms with Gasteiger partial charge in [-0.2, -0.15) is 9.78 Å². The Morgan fingerprint density at radius 2 is 2.05 bits per heavy atom. The summed E-state index contributed by atoms with van der Waals surface area (Å²) in [4.78, 5) is 8.46. The van der Waals surface area contributed by atoms with Crippen molar-refractivity contribution in [1.82, 2.24) is 19.7 Å². The minimum Gasteiger partial charge on any atom is -0.370 e. The summed E-state index contributed by atoms with van der Waals surface area (Å²) in [6, 6.07) is 4.07. The quantitative estimate of drug-likeness (QED) is 0.879. The normalized spacial score (nSPS) is 11.1. The van der Waals surface area contributed by atoms with Gasteiger partial charge in [-0.15, -0.1) is 0 Å². The summed E-state index contributed by atoms with van der Waals surface area (Å²) < 4.78 is 1.88. The van der Waals surface area contributed by atoms with E-state index in [-0.39, 0.29) is 0 Å². The van der Waals surface area contributed by atoms with Gasteiger partial charge in [-0.25, -0.2) is 9.97 Å². The first-order chi connectivity index (χ1) is 9.60. The van der Waals surface area contributed by atoms with Crippen molar-refractivity contribution in [2.75, 3.05) is 11.9 Å². The van der Waals surface area contributed by atoms with Gasteiger partial charge in [0.15, 0.2) is 5.82 Å². The molecule has 5 nitrogen and oxygen atoms in total. The molecule has 0 unspecified atom stereocenters. The molecule has 0 aliphatic rings. The maximum Gasteiger partial charge on any atom is 0.159 e. The van der Waals surface area contributed by atoms with Gasteiger partial charge in [0, 0.05) is 24.4 Å². The van der Waals surface area contributed by atoms with Crippen LogP contribution in [0.15, 0.2) is 18.5 Å². The lowest BCUT2D eigenvalue weighted by atomic mass is 10.1. The predicted molar refractivity (Wildman–Crippen MR) is 81.2 cm³/mol. The fraction of sp³-hybridized carbons (Fsp3) is 0.533. The van der Waals surface area contributed by atoms with E-state index in [0.717, 1.165) is 42.4 Å². The molecule has 2 rings (SSSR count). The highest BCUT2D eigenvalue weighted by Gasteiger charge is 2.11. The summed E-state index contributed by atoms with van der Waals surface area (Å²) in [5.41, 5.74) is 2.03. The van der Waals surface area contributed by atoms with Crippen LogP contribution in [-0.4, -0.2) is 26.3 Å². The topological polar surface area (TPSA) is 55.6 Å². The molecular formula is C15H23N5. The zero-order valence-electron chi connectivity index (χ0n) is 12.7. The number of rotatable bonds is 6. The zero-order valence-corrected chi connectivity index (χ0v) is 12.7. The maximum absolute atomic E-state index is 4.68. The van der Waals surface area contributed by atoms with E-state index in [1.54, 1.807) is 6.33 Å². The van der Waals surface area contributed by atoms with Crippen LogP contribution in [0, 0.1) is 12.8 Å². The van der Waals surface area contributed by atoms with E-state index in [0.29, 0.717) is 5.92 Å². The van der Waals surface area contributed by atoms with Gasteiger partial charge in [0.2, 0.25) is 0 Å². The Balaban J connectivity index is 2.35. The largest absolute Gasteiger partial charge is 0.370 e. The minimum absolute atomic E-state index is 0.588. The lowest BCUT2D eigenvalue weighted by molar-refractivity contribution is 0.627. The fourth-order valence-corrected chi connectivity index (χ4v) is 2.06. The monoisotopic (exact) mass is 273 g/mol. The van der Waals surface area contributed by atoms with E-state index in [9.17, 15) is 0 Å². The van der Waals surface area contributed by atoms with Gasteiger partial charge in [0.1, 0.15) is 12.1 Å². The summed E-state index contributed by atoms with van der Waals surface area (Å²) in [6.07, 6.45) is 3.63. The lowest BCUT2D eigenvalue weighted by Crippen LogP contribution is -2.09. The van der Waals surface area contributed by atoms with Gasteiger partial charge >= 0.3 is 0 Å². The van der Waals surface area contributed by atoms with Crippen molar-refractivity contribution in [3.8, 4) is 5.82 Å². The van der Waals surface area contributed by atoms with E-state index >= 15 is 0 Å². The molecule has 5 heteroatoms. The van der Waals surface area contributed by atoms with Gasteiger partial charge in [-0.05, 0) is 25.7 Å². The second kappa shape index (κ2) is 6.50. The first kappa shape index (κ1) is 14.5. The van der Waals surface area contributed by atoms with Crippen LogP contribution < -0.4 is 5.32 Å². The highest BCUT2D eigenvalue weighted by molar-refractivity contribution is 5.43. The molecule has 108 valence electrons. The molecule has 2 aromatic rings. The molecule has 2 aromatic heterocycles. The van der Waals surface area contributed by atoms with Crippen molar-refractivity contribution >= 4 is 5.82 Å². The van der Waals surface area contributed by atoms with Crippen LogP contribution in [0.3, 0.4) is 0 Å². The summed E-state index contributed by atoms with van der Waals surface area (Å²) in [5, 5.41) is 8.09. The predicted octanol–water partition coefficient (Wildman–Crippen LogP) is 2.99. The third kappa shape index (κ3) is 3.56. The molecule has 0 amide bonds. The number of aromatic nitrogens is 4. The van der Waals surface area contributed by atoms with E-state index < -0.39 is 0 Å². The number of anilines is 1. The second-order valence-electron chi connectivity index (χ2n) is 5.48. The minimum atomic E-state index is 0.588. The Hall–Kier alpha value is -1.91. The molecule has 2 heterocycles. The van der Waals surface area contributed by atoms with Gasteiger partial charge in [-0.3, -0.25) is 0 Å². The SMILES string of the molecule is CCCNc1cc(CC(C)C)nn1-c1cc(C)ncn1. The van der Waals surface area contributed by atoms with E-state index in [1.165, 1.54) is 0 Å². The molecule has 20 heavy (non-hydrogen) atoms. The Labute approximate surface area is 120 Å². The van der Waals surface area contributed by atoms with Gasteiger partial charge < -0.3 is 5.32 Å². The molecule has 0 atom stereocenters. The standard InChI is InChI=1S/C15H23N5/c1-5-6-16-15-9-13(7-11(2)3)19-20(15)14-8-12(4)17-10-18-14/h8-11,16H,5-7H2,1-4H3. The van der Waals surface area contributed by atoms with Gasteiger partial charge in [0.05, 0.1) is 5.69 Å². The summed E-state index contributed by atoms with van der Waals surface area (Å²) in [6.45, 7) is 9.44. The van der Waals surface area contributed by atoms with E-state index in [1.807, 2.05) is 17.7 Å². The van der Waals surface area contributed by atoms with Crippen LogP contribution >= 0.6 is 0 Å². The van der Waals surface area contributed by atoms with Crippen molar-refractivity contribution in [3.05, 3.63) is 29.8 Å². The Morgan fingerprint density at radius 3 is 2.70 bits per heavy atom. The summed E-state index contributed by atoms with van der Waals surface area (Å²) in [7, 11) is 0. The Bertz CT molecular complexity index is 559. The van der Waals surface area contributed by atoms with Crippen molar-refractivity contribution < 1.29 is 0 Å². The van der Waals surface area contributed by atoms with Crippen LogP contribution in [0.5, 0.6) is 0 Å². The highest BCUT2D eigenvalue weighted by Crippen LogP contribution is 2.18. The van der Waals surface area contributed by atoms with Crippen LogP contribution in [0.2, 0.25) is 0 Å². The summed E-state index contributed by atoms with van der Waals surface area (Å²) >= 11 is 0. The molecule has 0 aliphatic carbocycles. The highest BCUT2D eigenvalue weighted by atomic mass is 15.4. The van der Waals surface area contributed by atoms with Crippen LogP contribution in [0.1, 0.15) is 38.6 Å². The molecule has 0 saturated carbocycles. The number of hydrogen-bond acceptors (Lipinski definition) is 4. The molecule has 1 N–H and O–H groups in total. The first-order valence-corrected chi connectivity index (χ1v) is 7.22. The average Bonchev–Trinajstić information content (AvgIpc) is 2.78. The molecule has 0 aliphatic heterocycles. The van der Waals surface area contributed by atoms with Crippen molar-refractivity contribution in [2.24, 2.45) is 5.92 Å². The Kier molecular flexibility index (Phi) is 4.71. The maximum atomic E-state index is 4.68. The second-order valence-corrected chi connectivity index (χ2v) is 5.48. The lowest BCUT2D eigenvalue weighted by Gasteiger charge is -2.08. The fourth-order valence-electron chi connectivity index (χ4n) is 2.06. The van der Waals surface area contributed by atoms with Gasteiger partial charge in [0.25, 0.3) is 0 Å². The molecule has 0 bridgehead atoms. The van der Waals surface area contributed by atoms with Crippen LogP contribution in [0.25, 0.3) is 5.82 Å². The van der Waals surface area contributed by atoms with Crippen molar-refractivity contribution in [2.45, 2.75) is 40.5 Å². The molecule has 0 aromatic carbocycles. The first-order valence-electron chi connectivity index (χ1n) is 7.22. The average molecular weight is 273 g/mol. The molecule has 0 fully saturated rings. The summed E-state index contributed by atoms with van der Waals surface area (Å²) in [5.74, 6) is 2.40. The molecule has 0 saturated heterocycles. The van der Waals surface area contributed by atoms with E-state index in [4.69, 9.17) is 0 Å². The third-order valence-corrected chi connectivity index (χ3v) is 2.94. The van der Waals surface area contributed by atoms with E-state index in [2.05, 4.69) is 47.2 Å². The van der Waals surface area contributed by atoms with Crippen molar-refractivity contribution in [1.29, 1.82) is 0 Å². The Morgan fingerprint density at radius 1 is 1.25 bits per heavy atom. The van der Waals surface area contributed by atoms with Crippen LogP contribution in [0.4, 0.5) is 5.82 Å². The third-order valence-electron chi connectivity index (χ3n) is 2.94. The number of aryl methyl sites for hydroxylation is 1. The van der Waals surface area contributed by atoms with Crippen molar-refractivity contribution in [3.63, 3.8) is 0 Å². The van der Waals surface area contributed by atoms with Gasteiger partial charge in [-0.1, -0.05) is 20.8 Å². The van der Waals surface area contributed by atoms with Crippen LogP contribution in [-0.2, 0) is 6.42 Å². The smallest absolute Gasteiger partial charge is 0.159 e. The molecule has 0 radical (unpaired) electrons. The number of nitrogens with zero attached hydrogens (tertiary/aromatic N) is 4. The number of nitrogens with one attached hydrogen (secondary N) is 1.